The van der Waals surface area contributed by atoms with Crippen LogP contribution in [0.5, 0.6) is 0 Å². The van der Waals surface area contributed by atoms with Crippen LogP contribution >= 0.6 is 0 Å². The number of imidazole rings is 1. The molecule has 96 valence electrons. The second kappa shape index (κ2) is 4.61. The summed E-state index contributed by atoms with van der Waals surface area (Å²) in [5, 5.41) is 3.29. The van der Waals surface area contributed by atoms with Crippen molar-refractivity contribution in [2.24, 2.45) is 0 Å². The summed E-state index contributed by atoms with van der Waals surface area (Å²) in [7, 11) is 2.00. The molecule has 0 amide bonds. The van der Waals surface area contributed by atoms with Crippen LogP contribution in [0, 0.1) is 0 Å². The second-order valence-electron chi connectivity index (χ2n) is 5.09. The SMILES string of the molecule is CNC(C)c1cccn1Cc1cncn1C1CC1. The van der Waals surface area contributed by atoms with Gasteiger partial charge in [0.2, 0.25) is 0 Å². The molecule has 0 aromatic carbocycles. The molecule has 0 spiro atoms. The Bertz CT molecular complexity index is 521. The Hall–Kier alpha value is -1.55. The predicted octanol–water partition coefficient (Wildman–Crippen LogP) is 2.35. The van der Waals surface area contributed by atoms with Crippen molar-refractivity contribution < 1.29 is 0 Å². The van der Waals surface area contributed by atoms with Crippen LogP contribution in [0.25, 0.3) is 0 Å². The van der Waals surface area contributed by atoms with Crippen LogP contribution in [0.15, 0.2) is 30.9 Å². The Morgan fingerprint density at radius 2 is 2.33 bits per heavy atom. The van der Waals surface area contributed by atoms with E-state index in [9.17, 15) is 0 Å². The van der Waals surface area contributed by atoms with Crippen molar-refractivity contribution in [3.63, 3.8) is 0 Å². The first-order valence-electron chi connectivity index (χ1n) is 6.62. The highest BCUT2D eigenvalue weighted by molar-refractivity contribution is 5.14. The van der Waals surface area contributed by atoms with Crippen LogP contribution in [0.3, 0.4) is 0 Å². The molecule has 1 N–H and O–H groups in total. The molecule has 18 heavy (non-hydrogen) atoms. The van der Waals surface area contributed by atoms with Gasteiger partial charge in [-0.05, 0) is 38.9 Å². The molecule has 1 aliphatic rings. The molecule has 1 aliphatic carbocycles. The first kappa shape index (κ1) is 11.5. The molecule has 3 rings (SSSR count). The van der Waals surface area contributed by atoms with Gasteiger partial charge in [-0.3, -0.25) is 0 Å². The van der Waals surface area contributed by atoms with Gasteiger partial charge in [-0.15, -0.1) is 0 Å². The summed E-state index contributed by atoms with van der Waals surface area (Å²) < 4.78 is 4.63. The number of rotatable bonds is 5. The average molecular weight is 244 g/mol. The predicted molar refractivity (Wildman–Crippen MR) is 71.5 cm³/mol. The minimum atomic E-state index is 0.372. The normalized spacial score (nSPS) is 17.0. The van der Waals surface area contributed by atoms with Gasteiger partial charge in [-0.25, -0.2) is 4.98 Å². The number of nitrogens with one attached hydrogen (secondary N) is 1. The summed E-state index contributed by atoms with van der Waals surface area (Å²) in [5.74, 6) is 0. The van der Waals surface area contributed by atoms with E-state index in [4.69, 9.17) is 0 Å². The zero-order chi connectivity index (χ0) is 12.5. The third-order valence-electron chi connectivity index (χ3n) is 3.76. The Balaban J connectivity index is 1.83. The molecule has 4 heteroatoms. The fourth-order valence-electron chi connectivity index (χ4n) is 2.42. The Labute approximate surface area is 108 Å². The molecule has 0 saturated heterocycles. The molecule has 1 unspecified atom stereocenters. The molecular weight excluding hydrogens is 224 g/mol. The first-order valence-corrected chi connectivity index (χ1v) is 6.62. The van der Waals surface area contributed by atoms with Crippen molar-refractivity contribution in [2.45, 2.75) is 38.4 Å². The molecule has 0 bridgehead atoms. The monoisotopic (exact) mass is 244 g/mol. The summed E-state index contributed by atoms with van der Waals surface area (Å²) >= 11 is 0. The van der Waals surface area contributed by atoms with E-state index in [0.717, 1.165) is 6.54 Å². The van der Waals surface area contributed by atoms with Gasteiger partial charge in [0, 0.05) is 30.2 Å². The van der Waals surface area contributed by atoms with Crippen LogP contribution in [-0.4, -0.2) is 21.2 Å². The van der Waals surface area contributed by atoms with E-state index in [-0.39, 0.29) is 0 Å². The second-order valence-corrected chi connectivity index (χ2v) is 5.09. The third kappa shape index (κ3) is 2.08. The van der Waals surface area contributed by atoms with Crippen molar-refractivity contribution in [3.05, 3.63) is 42.2 Å². The lowest BCUT2D eigenvalue weighted by atomic mass is 10.2. The molecule has 1 fully saturated rings. The third-order valence-corrected chi connectivity index (χ3v) is 3.76. The standard InChI is InChI=1S/C14H20N4/c1-11(15-2)14-4-3-7-17(14)9-13-8-16-10-18(13)12-5-6-12/h3-4,7-8,10-12,15H,5-6,9H2,1-2H3. The number of hydrogen-bond acceptors (Lipinski definition) is 2. The van der Waals surface area contributed by atoms with Gasteiger partial charge in [-0.1, -0.05) is 0 Å². The minimum Gasteiger partial charge on any atom is -0.344 e. The van der Waals surface area contributed by atoms with E-state index in [1.54, 1.807) is 0 Å². The fourth-order valence-corrected chi connectivity index (χ4v) is 2.42. The average Bonchev–Trinajstić information content (AvgIpc) is 2.95. The highest BCUT2D eigenvalue weighted by Crippen LogP contribution is 2.35. The molecule has 0 aliphatic heterocycles. The maximum Gasteiger partial charge on any atom is 0.0951 e. The summed E-state index contributed by atoms with van der Waals surface area (Å²) in [5.41, 5.74) is 2.62. The van der Waals surface area contributed by atoms with Crippen LogP contribution < -0.4 is 5.32 Å². The fraction of sp³-hybridized carbons (Fsp3) is 0.500. The number of hydrogen-bond donors (Lipinski definition) is 1. The topological polar surface area (TPSA) is 34.8 Å². The molecule has 2 aromatic heterocycles. The smallest absolute Gasteiger partial charge is 0.0951 e. The molecule has 4 nitrogen and oxygen atoms in total. The maximum atomic E-state index is 4.29. The van der Waals surface area contributed by atoms with Gasteiger partial charge in [0.05, 0.1) is 18.6 Å². The lowest BCUT2D eigenvalue weighted by molar-refractivity contribution is 0.574. The van der Waals surface area contributed by atoms with Crippen molar-refractivity contribution in [1.82, 2.24) is 19.4 Å². The van der Waals surface area contributed by atoms with Crippen LogP contribution in [0.4, 0.5) is 0 Å². The molecule has 1 saturated carbocycles. The number of aromatic nitrogens is 3. The van der Waals surface area contributed by atoms with Crippen molar-refractivity contribution in [1.29, 1.82) is 0 Å². The van der Waals surface area contributed by atoms with Gasteiger partial charge in [0.15, 0.2) is 0 Å². The summed E-state index contributed by atoms with van der Waals surface area (Å²) in [6.07, 6.45) is 8.71. The lowest BCUT2D eigenvalue weighted by Gasteiger charge is -2.15. The molecule has 2 aromatic rings. The molecule has 1 atom stereocenters. The van der Waals surface area contributed by atoms with Gasteiger partial charge < -0.3 is 14.5 Å². The van der Waals surface area contributed by atoms with E-state index in [0.29, 0.717) is 12.1 Å². The summed E-state index contributed by atoms with van der Waals surface area (Å²) in [4.78, 5) is 4.29. The molecule has 2 heterocycles. The zero-order valence-corrected chi connectivity index (χ0v) is 11.0. The molecule has 0 radical (unpaired) electrons. The number of nitrogens with zero attached hydrogens (tertiary/aromatic N) is 3. The highest BCUT2D eigenvalue weighted by Gasteiger charge is 2.25. The van der Waals surface area contributed by atoms with E-state index >= 15 is 0 Å². The van der Waals surface area contributed by atoms with Crippen molar-refractivity contribution in [3.8, 4) is 0 Å². The Morgan fingerprint density at radius 3 is 3.06 bits per heavy atom. The van der Waals surface area contributed by atoms with Crippen molar-refractivity contribution >= 4 is 0 Å². The van der Waals surface area contributed by atoms with Crippen LogP contribution in [0.2, 0.25) is 0 Å². The summed E-state index contributed by atoms with van der Waals surface area (Å²) in [6, 6.07) is 5.36. The van der Waals surface area contributed by atoms with Gasteiger partial charge in [0.1, 0.15) is 0 Å². The highest BCUT2D eigenvalue weighted by atomic mass is 15.1. The largest absolute Gasteiger partial charge is 0.344 e. The van der Waals surface area contributed by atoms with Gasteiger partial charge >= 0.3 is 0 Å². The Morgan fingerprint density at radius 1 is 1.50 bits per heavy atom. The van der Waals surface area contributed by atoms with Crippen LogP contribution in [0.1, 0.15) is 43.2 Å². The zero-order valence-electron chi connectivity index (χ0n) is 11.0. The van der Waals surface area contributed by atoms with Crippen molar-refractivity contribution in [2.75, 3.05) is 7.05 Å². The quantitative estimate of drug-likeness (QED) is 0.876. The van der Waals surface area contributed by atoms with E-state index in [1.807, 2.05) is 19.6 Å². The maximum absolute atomic E-state index is 4.29. The molecular formula is C14H20N4. The Kier molecular flexibility index (Phi) is 2.96. The van der Waals surface area contributed by atoms with E-state index in [1.165, 1.54) is 24.2 Å². The lowest BCUT2D eigenvalue weighted by Crippen LogP contribution is -2.17. The van der Waals surface area contributed by atoms with E-state index < -0.39 is 0 Å². The van der Waals surface area contributed by atoms with Crippen LogP contribution in [-0.2, 0) is 6.54 Å². The first-order chi connectivity index (χ1) is 8.79. The van der Waals surface area contributed by atoms with Gasteiger partial charge in [0.25, 0.3) is 0 Å². The van der Waals surface area contributed by atoms with E-state index in [2.05, 4.69) is 44.7 Å². The summed E-state index contributed by atoms with van der Waals surface area (Å²) in [6.45, 7) is 3.09. The van der Waals surface area contributed by atoms with Gasteiger partial charge in [-0.2, -0.15) is 0 Å². The minimum absolute atomic E-state index is 0.372.